The first kappa shape index (κ1) is 19.8. The number of nitrogens with zero attached hydrogens (tertiary/aromatic N) is 2. The molecule has 0 amide bonds. The number of aromatic amines is 1. The van der Waals surface area contributed by atoms with E-state index in [1.165, 1.54) is 4.57 Å². The molecule has 0 bridgehead atoms. The van der Waals surface area contributed by atoms with Crippen molar-refractivity contribution in [2.24, 2.45) is 5.92 Å². The maximum Gasteiger partial charge on any atom is 0.330 e. The Kier molecular flexibility index (Phi) is 7.54. The molecule has 1 aromatic heterocycles. The third-order valence-electron chi connectivity index (χ3n) is 3.84. The van der Waals surface area contributed by atoms with E-state index in [9.17, 15) is 14.4 Å². The maximum atomic E-state index is 12.3. The standard InChI is InChI=1S/C16H28N4O4/c1-4-5-8-20-14(17)13(15(23)18-16(20)24)19(9-6-11(2)3)10-7-12(21)22/h11H,4-10,17H2,1-3H3,(H,21,22)(H,18,23,24). The third-order valence-corrected chi connectivity index (χ3v) is 3.84. The number of rotatable bonds is 10. The summed E-state index contributed by atoms with van der Waals surface area (Å²) in [7, 11) is 0. The number of nitrogens with one attached hydrogen (secondary N) is 1. The zero-order chi connectivity index (χ0) is 18.3. The van der Waals surface area contributed by atoms with Gasteiger partial charge in [-0.1, -0.05) is 27.2 Å². The fraction of sp³-hybridized carbons (Fsp3) is 0.688. The average Bonchev–Trinajstić information content (AvgIpc) is 2.48. The Balaban J connectivity index is 3.25. The minimum absolute atomic E-state index is 0.103. The average molecular weight is 340 g/mol. The summed E-state index contributed by atoms with van der Waals surface area (Å²) >= 11 is 0. The lowest BCUT2D eigenvalue weighted by Crippen LogP contribution is -2.40. The van der Waals surface area contributed by atoms with Crippen LogP contribution in [0.3, 0.4) is 0 Å². The van der Waals surface area contributed by atoms with Gasteiger partial charge < -0.3 is 15.7 Å². The Labute approximate surface area is 141 Å². The molecular formula is C16H28N4O4. The van der Waals surface area contributed by atoms with E-state index in [0.717, 1.165) is 19.3 Å². The normalized spacial score (nSPS) is 11.0. The van der Waals surface area contributed by atoms with Crippen LogP contribution in [0.1, 0.15) is 46.5 Å². The van der Waals surface area contributed by atoms with Crippen LogP contribution in [0.5, 0.6) is 0 Å². The first-order chi connectivity index (χ1) is 11.3. The lowest BCUT2D eigenvalue weighted by Gasteiger charge is -2.26. The molecular weight excluding hydrogens is 312 g/mol. The van der Waals surface area contributed by atoms with E-state index < -0.39 is 17.2 Å². The summed E-state index contributed by atoms with van der Waals surface area (Å²) in [5.74, 6) is -0.450. The lowest BCUT2D eigenvalue weighted by molar-refractivity contribution is -0.136. The first-order valence-corrected chi connectivity index (χ1v) is 8.37. The summed E-state index contributed by atoms with van der Waals surface area (Å²) in [5, 5.41) is 8.94. The number of aliphatic carboxylic acids is 1. The highest BCUT2D eigenvalue weighted by Crippen LogP contribution is 2.18. The number of unbranched alkanes of at least 4 members (excludes halogenated alkanes) is 1. The first-order valence-electron chi connectivity index (χ1n) is 8.37. The summed E-state index contributed by atoms with van der Waals surface area (Å²) in [5.41, 5.74) is 5.18. The number of carbonyl (C=O) groups is 1. The molecule has 136 valence electrons. The molecule has 8 heteroatoms. The molecule has 1 aromatic rings. The van der Waals surface area contributed by atoms with E-state index in [4.69, 9.17) is 10.8 Å². The van der Waals surface area contributed by atoms with Gasteiger partial charge in [0.15, 0.2) is 0 Å². The van der Waals surface area contributed by atoms with Gasteiger partial charge in [0.2, 0.25) is 0 Å². The van der Waals surface area contributed by atoms with Crippen molar-refractivity contribution in [2.45, 2.75) is 53.0 Å². The Bertz CT molecular complexity index is 663. The number of aromatic nitrogens is 2. The molecule has 0 atom stereocenters. The predicted octanol–water partition coefficient (Wildman–Crippen LogP) is 1.25. The highest BCUT2D eigenvalue weighted by Gasteiger charge is 2.19. The molecule has 0 saturated carbocycles. The fourth-order valence-corrected chi connectivity index (χ4v) is 2.40. The Morgan fingerprint density at radius 3 is 2.54 bits per heavy atom. The van der Waals surface area contributed by atoms with E-state index in [2.05, 4.69) is 4.98 Å². The van der Waals surface area contributed by atoms with Gasteiger partial charge in [0.25, 0.3) is 5.56 Å². The quantitative estimate of drug-likeness (QED) is 0.589. The van der Waals surface area contributed by atoms with Gasteiger partial charge in [-0.3, -0.25) is 19.1 Å². The molecule has 4 N–H and O–H groups in total. The van der Waals surface area contributed by atoms with Gasteiger partial charge in [0.05, 0.1) is 6.42 Å². The number of carboxylic acids is 1. The predicted molar refractivity (Wildman–Crippen MR) is 94.6 cm³/mol. The van der Waals surface area contributed by atoms with Crippen molar-refractivity contribution in [3.05, 3.63) is 20.8 Å². The van der Waals surface area contributed by atoms with E-state index in [1.807, 2.05) is 20.8 Å². The Hall–Kier alpha value is -2.25. The van der Waals surface area contributed by atoms with Crippen molar-refractivity contribution < 1.29 is 9.90 Å². The lowest BCUT2D eigenvalue weighted by atomic mass is 10.1. The van der Waals surface area contributed by atoms with Gasteiger partial charge in [-0.05, 0) is 18.8 Å². The molecule has 0 unspecified atom stereocenters. The minimum atomic E-state index is -0.946. The van der Waals surface area contributed by atoms with E-state index in [0.29, 0.717) is 19.0 Å². The molecule has 0 aliphatic rings. The van der Waals surface area contributed by atoms with Crippen molar-refractivity contribution in [3.8, 4) is 0 Å². The third kappa shape index (κ3) is 5.43. The molecule has 0 radical (unpaired) electrons. The topological polar surface area (TPSA) is 121 Å². The molecule has 0 spiro atoms. The number of H-pyrrole nitrogens is 1. The van der Waals surface area contributed by atoms with Gasteiger partial charge in [-0.15, -0.1) is 0 Å². The summed E-state index contributed by atoms with van der Waals surface area (Å²) < 4.78 is 1.35. The molecule has 0 saturated heterocycles. The SMILES string of the molecule is CCCCn1c(N)c(N(CCC(=O)O)CCC(C)C)c(=O)[nH]c1=O. The maximum absolute atomic E-state index is 12.3. The number of nitrogen functional groups attached to an aromatic ring is 1. The van der Waals surface area contributed by atoms with Gasteiger partial charge in [0.1, 0.15) is 11.5 Å². The van der Waals surface area contributed by atoms with Crippen LogP contribution in [0.25, 0.3) is 0 Å². The zero-order valence-electron chi connectivity index (χ0n) is 14.7. The van der Waals surface area contributed by atoms with Crippen molar-refractivity contribution in [1.29, 1.82) is 0 Å². The molecule has 8 nitrogen and oxygen atoms in total. The van der Waals surface area contributed by atoms with E-state index in [-0.39, 0.29) is 24.5 Å². The van der Waals surface area contributed by atoms with Crippen molar-refractivity contribution in [1.82, 2.24) is 9.55 Å². The largest absolute Gasteiger partial charge is 0.481 e. The van der Waals surface area contributed by atoms with E-state index in [1.54, 1.807) is 4.90 Å². The summed E-state index contributed by atoms with van der Waals surface area (Å²) in [6, 6.07) is 0. The second kappa shape index (κ2) is 9.14. The number of carboxylic acid groups (broad SMARTS) is 1. The number of nitrogens with two attached hydrogens (primary N) is 1. The molecule has 0 aliphatic heterocycles. The van der Waals surface area contributed by atoms with Crippen LogP contribution < -0.4 is 21.9 Å². The highest BCUT2D eigenvalue weighted by molar-refractivity contribution is 5.69. The summed E-state index contributed by atoms with van der Waals surface area (Å²) in [4.78, 5) is 39.1. The molecule has 0 fully saturated rings. The number of anilines is 2. The van der Waals surface area contributed by atoms with Crippen LogP contribution in [-0.4, -0.2) is 33.7 Å². The van der Waals surface area contributed by atoms with E-state index >= 15 is 0 Å². The second-order valence-corrected chi connectivity index (χ2v) is 6.31. The van der Waals surface area contributed by atoms with Crippen LogP contribution in [0.2, 0.25) is 0 Å². The van der Waals surface area contributed by atoms with Gasteiger partial charge in [-0.2, -0.15) is 0 Å². The minimum Gasteiger partial charge on any atom is -0.481 e. The molecule has 1 heterocycles. The van der Waals surface area contributed by atoms with Gasteiger partial charge >= 0.3 is 11.7 Å². The zero-order valence-corrected chi connectivity index (χ0v) is 14.7. The number of hydrogen-bond donors (Lipinski definition) is 3. The van der Waals surface area contributed by atoms with Crippen LogP contribution in [0.4, 0.5) is 11.5 Å². The number of hydrogen-bond acceptors (Lipinski definition) is 5. The van der Waals surface area contributed by atoms with Gasteiger partial charge in [0, 0.05) is 19.6 Å². The molecule has 0 aromatic carbocycles. The molecule has 0 aliphatic carbocycles. The van der Waals surface area contributed by atoms with Crippen molar-refractivity contribution >= 4 is 17.5 Å². The van der Waals surface area contributed by atoms with Crippen molar-refractivity contribution in [2.75, 3.05) is 23.7 Å². The fourth-order valence-electron chi connectivity index (χ4n) is 2.40. The van der Waals surface area contributed by atoms with Crippen molar-refractivity contribution in [3.63, 3.8) is 0 Å². The Morgan fingerprint density at radius 1 is 1.33 bits per heavy atom. The van der Waals surface area contributed by atoms with Gasteiger partial charge in [-0.25, -0.2) is 4.79 Å². The van der Waals surface area contributed by atoms with Crippen LogP contribution in [0.15, 0.2) is 9.59 Å². The summed E-state index contributed by atoms with van der Waals surface area (Å²) in [6.45, 7) is 7.18. The molecule has 24 heavy (non-hydrogen) atoms. The molecule has 1 rings (SSSR count). The monoisotopic (exact) mass is 340 g/mol. The van der Waals surface area contributed by atoms with Crippen LogP contribution >= 0.6 is 0 Å². The summed E-state index contributed by atoms with van der Waals surface area (Å²) in [6.07, 6.45) is 2.32. The van der Waals surface area contributed by atoms with Crippen LogP contribution in [0, 0.1) is 5.92 Å². The van der Waals surface area contributed by atoms with Crippen LogP contribution in [-0.2, 0) is 11.3 Å². The highest BCUT2D eigenvalue weighted by atomic mass is 16.4. The second-order valence-electron chi connectivity index (χ2n) is 6.31. The Morgan fingerprint density at radius 2 is 2.00 bits per heavy atom. The smallest absolute Gasteiger partial charge is 0.330 e.